The first-order valence-corrected chi connectivity index (χ1v) is 6.20. The van der Waals surface area contributed by atoms with Gasteiger partial charge in [0.25, 0.3) is 0 Å². The molecule has 0 heterocycles. The van der Waals surface area contributed by atoms with Gasteiger partial charge in [0, 0.05) is 18.7 Å². The van der Waals surface area contributed by atoms with Crippen molar-refractivity contribution in [3.8, 4) is 0 Å². The Hall–Kier alpha value is -0.330. The molecule has 0 N–H and O–H groups in total. The largest absolute Gasteiger partial charge is 0.300 e. The second-order valence-electron chi connectivity index (χ2n) is 6.11. The highest BCUT2D eigenvalue weighted by atomic mass is 14.7. The summed E-state index contributed by atoms with van der Waals surface area (Å²) < 4.78 is 0. The number of aliphatic imine (C=N–C) groups is 1. The minimum atomic E-state index is 0.227. The summed E-state index contributed by atoms with van der Waals surface area (Å²) in [5.41, 5.74) is 0.519. The molecule has 2 atom stereocenters. The maximum absolute atomic E-state index is 4.25. The van der Waals surface area contributed by atoms with Crippen molar-refractivity contribution in [2.75, 3.05) is 7.05 Å². The van der Waals surface area contributed by atoms with Crippen LogP contribution in [-0.2, 0) is 0 Å². The van der Waals surface area contributed by atoms with E-state index in [1.807, 2.05) is 7.05 Å². The quantitative estimate of drug-likeness (QED) is 0.591. The van der Waals surface area contributed by atoms with Gasteiger partial charge in [0.05, 0.1) is 0 Å². The average Bonchev–Trinajstić information content (AvgIpc) is 2.13. The Balaban J connectivity index is 4.54. The van der Waals surface area contributed by atoms with Gasteiger partial charge in [-0.1, -0.05) is 48.0 Å². The summed E-state index contributed by atoms with van der Waals surface area (Å²) in [7, 11) is 1.88. The van der Waals surface area contributed by atoms with Crippen LogP contribution in [0.5, 0.6) is 0 Å². The smallest absolute Gasteiger partial charge is 0.0273 e. The first-order valence-electron chi connectivity index (χ1n) is 6.20. The fraction of sp³-hybridized carbons (Fsp3) is 0.929. The van der Waals surface area contributed by atoms with Gasteiger partial charge in [-0.05, 0) is 24.2 Å². The van der Waals surface area contributed by atoms with Crippen LogP contribution >= 0.6 is 0 Å². The average molecular weight is 211 g/mol. The zero-order valence-corrected chi connectivity index (χ0v) is 11.7. The second kappa shape index (κ2) is 5.67. The van der Waals surface area contributed by atoms with Crippen LogP contribution in [0.4, 0.5) is 0 Å². The van der Waals surface area contributed by atoms with Crippen LogP contribution in [0, 0.1) is 16.7 Å². The number of hydrogen-bond acceptors (Lipinski definition) is 1. The first-order chi connectivity index (χ1) is 6.77. The highest BCUT2D eigenvalue weighted by molar-refractivity contribution is 5.66. The third-order valence-electron chi connectivity index (χ3n) is 3.98. The van der Waals surface area contributed by atoms with Gasteiger partial charge >= 0.3 is 0 Å². The van der Waals surface area contributed by atoms with Crippen molar-refractivity contribution in [2.45, 2.75) is 60.8 Å². The molecule has 0 radical (unpaired) electrons. The molecule has 0 amide bonds. The molecule has 0 spiro atoms. The van der Waals surface area contributed by atoms with Crippen LogP contribution < -0.4 is 0 Å². The summed E-state index contributed by atoms with van der Waals surface area (Å²) >= 11 is 0. The standard InChI is InChI=1S/C14H29N/c1-8-12(2)9-10-14(6,11-15-7)13(3,4)5/h11-12H,8-10H2,1-7H3. The highest BCUT2D eigenvalue weighted by Crippen LogP contribution is 2.41. The Bertz CT molecular complexity index is 200. The van der Waals surface area contributed by atoms with Gasteiger partial charge in [0.1, 0.15) is 0 Å². The van der Waals surface area contributed by atoms with Gasteiger partial charge in [-0.25, -0.2) is 0 Å². The molecule has 0 rings (SSSR count). The molecule has 1 nitrogen and oxygen atoms in total. The fourth-order valence-electron chi connectivity index (χ4n) is 1.67. The zero-order valence-electron chi connectivity index (χ0n) is 11.7. The van der Waals surface area contributed by atoms with E-state index < -0.39 is 0 Å². The lowest BCUT2D eigenvalue weighted by Crippen LogP contribution is -2.34. The van der Waals surface area contributed by atoms with Crippen LogP contribution in [-0.4, -0.2) is 13.3 Å². The van der Waals surface area contributed by atoms with Gasteiger partial charge in [0.15, 0.2) is 0 Å². The van der Waals surface area contributed by atoms with Crippen molar-refractivity contribution in [3.63, 3.8) is 0 Å². The van der Waals surface area contributed by atoms with E-state index in [-0.39, 0.29) is 5.41 Å². The van der Waals surface area contributed by atoms with Crippen molar-refractivity contribution >= 4 is 6.21 Å². The molecule has 0 aromatic heterocycles. The second-order valence-corrected chi connectivity index (χ2v) is 6.11. The Morgan fingerprint density at radius 1 is 1.20 bits per heavy atom. The van der Waals surface area contributed by atoms with Gasteiger partial charge in [-0.2, -0.15) is 0 Å². The Labute approximate surface area is 96.4 Å². The first kappa shape index (κ1) is 14.7. The SMILES string of the molecule is CCC(C)CCC(C)(C=NC)C(C)(C)C. The molecular weight excluding hydrogens is 182 g/mol. The molecule has 0 aromatic carbocycles. The topological polar surface area (TPSA) is 12.4 Å². The Kier molecular flexibility index (Phi) is 5.55. The van der Waals surface area contributed by atoms with Crippen molar-refractivity contribution in [2.24, 2.45) is 21.7 Å². The molecule has 90 valence electrons. The highest BCUT2D eigenvalue weighted by Gasteiger charge is 2.35. The van der Waals surface area contributed by atoms with E-state index in [9.17, 15) is 0 Å². The Morgan fingerprint density at radius 3 is 2.07 bits per heavy atom. The maximum Gasteiger partial charge on any atom is 0.0273 e. The van der Waals surface area contributed by atoms with Gasteiger partial charge in [-0.3, -0.25) is 0 Å². The monoisotopic (exact) mass is 211 g/mol. The van der Waals surface area contributed by atoms with Crippen LogP contribution in [0.15, 0.2) is 4.99 Å². The zero-order chi connectivity index (χ0) is 12.1. The lowest BCUT2D eigenvalue weighted by atomic mass is 9.65. The summed E-state index contributed by atoms with van der Waals surface area (Å²) in [6.07, 6.45) is 5.97. The minimum Gasteiger partial charge on any atom is -0.300 e. The van der Waals surface area contributed by atoms with Gasteiger partial charge in [0.2, 0.25) is 0 Å². The molecule has 15 heavy (non-hydrogen) atoms. The number of hydrogen-bond donors (Lipinski definition) is 0. The number of nitrogens with zero attached hydrogens (tertiary/aromatic N) is 1. The third kappa shape index (κ3) is 4.36. The van der Waals surface area contributed by atoms with E-state index in [4.69, 9.17) is 0 Å². The molecule has 0 saturated heterocycles. The third-order valence-corrected chi connectivity index (χ3v) is 3.98. The lowest BCUT2D eigenvalue weighted by Gasteiger charge is -2.39. The molecule has 2 unspecified atom stereocenters. The minimum absolute atomic E-state index is 0.227. The van der Waals surface area contributed by atoms with Crippen molar-refractivity contribution < 1.29 is 0 Å². The summed E-state index contributed by atoms with van der Waals surface area (Å²) in [4.78, 5) is 4.25. The summed E-state index contributed by atoms with van der Waals surface area (Å²) in [5.74, 6) is 0.830. The molecular formula is C14H29N. The van der Waals surface area contributed by atoms with Gasteiger partial charge in [-0.15, -0.1) is 0 Å². The lowest BCUT2D eigenvalue weighted by molar-refractivity contribution is 0.172. The van der Waals surface area contributed by atoms with E-state index in [2.05, 4.69) is 52.7 Å². The van der Waals surface area contributed by atoms with E-state index in [0.29, 0.717) is 5.41 Å². The molecule has 0 bridgehead atoms. The number of rotatable bonds is 5. The molecule has 0 aromatic rings. The molecule has 0 aliphatic heterocycles. The maximum atomic E-state index is 4.25. The summed E-state index contributed by atoms with van der Waals surface area (Å²) in [5, 5.41) is 0. The van der Waals surface area contributed by atoms with Crippen LogP contribution in [0.3, 0.4) is 0 Å². The fourth-order valence-corrected chi connectivity index (χ4v) is 1.67. The van der Waals surface area contributed by atoms with E-state index >= 15 is 0 Å². The molecule has 0 saturated carbocycles. The molecule has 0 aliphatic carbocycles. The Morgan fingerprint density at radius 2 is 1.73 bits per heavy atom. The van der Waals surface area contributed by atoms with Crippen LogP contribution in [0.1, 0.15) is 60.8 Å². The van der Waals surface area contributed by atoms with Crippen molar-refractivity contribution in [1.82, 2.24) is 0 Å². The summed E-state index contributed by atoms with van der Waals surface area (Å²) in [6, 6.07) is 0. The van der Waals surface area contributed by atoms with E-state index in [1.165, 1.54) is 19.3 Å². The predicted molar refractivity (Wildman–Crippen MR) is 70.7 cm³/mol. The van der Waals surface area contributed by atoms with Crippen molar-refractivity contribution in [1.29, 1.82) is 0 Å². The normalized spacial score (nSPS) is 19.1. The molecule has 0 aliphatic rings. The molecule has 1 heteroatoms. The molecule has 0 fully saturated rings. The van der Waals surface area contributed by atoms with Crippen LogP contribution in [0.2, 0.25) is 0 Å². The predicted octanol–water partition coefficient (Wildman–Crippen LogP) is 4.57. The van der Waals surface area contributed by atoms with E-state index in [0.717, 1.165) is 5.92 Å². The van der Waals surface area contributed by atoms with E-state index in [1.54, 1.807) is 0 Å². The summed E-state index contributed by atoms with van der Waals surface area (Å²) in [6.45, 7) is 13.9. The van der Waals surface area contributed by atoms with Crippen molar-refractivity contribution in [3.05, 3.63) is 0 Å². The van der Waals surface area contributed by atoms with Gasteiger partial charge < -0.3 is 4.99 Å². The van der Waals surface area contributed by atoms with Crippen LogP contribution in [0.25, 0.3) is 0 Å².